The topological polar surface area (TPSA) is 27.7 Å². The quantitative estimate of drug-likeness (QED) is 0.671. The lowest BCUT2D eigenvalue weighted by molar-refractivity contribution is 0.402. The first kappa shape index (κ1) is 12.6. The molecule has 0 amide bonds. The third-order valence-corrected chi connectivity index (χ3v) is 3.54. The summed E-state index contributed by atoms with van der Waals surface area (Å²) in [6.45, 7) is 0. The molecule has 0 saturated heterocycles. The Balaban J connectivity index is 2.56. The maximum atomic E-state index is 5.65. The van der Waals surface area contributed by atoms with Gasteiger partial charge in [-0.25, -0.2) is 0 Å². The highest BCUT2D eigenvalue weighted by Crippen LogP contribution is 2.43. The first-order valence-electron chi connectivity index (χ1n) is 6.40. The van der Waals surface area contributed by atoms with Crippen molar-refractivity contribution in [3.63, 3.8) is 0 Å². The predicted molar refractivity (Wildman–Crippen MR) is 81.1 cm³/mol. The molecule has 3 aromatic carbocycles. The van der Waals surface area contributed by atoms with Crippen molar-refractivity contribution in [3.8, 4) is 17.2 Å². The van der Waals surface area contributed by atoms with Gasteiger partial charge < -0.3 is 14.2 Å². The van der Waals surface area contributed by atoms with Crippen molar-refractivity contribution in [1.82, 2.24) is 0 Å². The van der Waals surface area contributed by atoms with E-state index in [1.807, 2.05) is 30.3 Å². The standard InChI is InChI=1S/C17H16O3/c1-18-14-8-9-15(19-2)16-13(14)10-11-6-4-5-7-12(11)17(16)20-3/h4-10H,1-3H3. The molecule has 0 N–H and O–H groups in total. The van der Waals surface area contributed by atoms with Crippen LogP contribution in [0.25, 0.3) is 21.5 Å². The molecule has 0 aliphatic heterocycles. The van der Waals surface area contributed by atoms with Gasteiger partial charge in [-0.2, -0.15) is 0 Å². The Hall–Kier alpha value is -2.42. The van der Waals surface area contributed by atoms with Crippen LogP contribution in [0.1, 0.15) is 0 Å². The lowest BCUT2D eigenvalue weighted by Gasteiger charge is -2.15. The van der Waals surface area contributed by atoms with E-state index in [1.165, 1.54) is 0 Å². The number of fused-ring (bicyclic) bond motifs is 2. The third kappa shape index (κ3) is 1.74. The number of ether oxygens (including phenoxy) is 3. The molecule has 0 atom stereocenters. The van der Waals surface area contributed by atoms with Crippen molar-refractivity contribution in [1.29, 1.82) is 0 Å². The van der Waals surface area contributed by atoms with Gasteiger partial charge in [0.15, 0.2) is 0 Å². The molecule has 0 heterocycles. The van der Waals surface area contributed by atoms with E-state index < -0.39 is 0 Å². The highest BCUT2D eigenvalue weighted by molar-refractivity contribution is 6.09. The average Bonchev–Trinajstić information content (AvgIpc) is 2.51. The van der Waals surface area contributed by atoms with E-state index in [9.17, 15) is 0 Å². The number of hydrogen-bond donors (Lipinski definition) is 0. The van der Waals surface area contributed by atoms with E-state index >= 15 is 0 Å². The van der Waals surface area contributed by atoms with E-state index in [4.69, 9.17) is 14.2 Å². The van der Waals surface area contributed by atoms with Crippen LogP contribution in [-0.4, -0.2) is 21.3 Å². The number of hydrogen-bond acceptors (Lipinski definition) is 3. The molecule has 0 fully saturated rings. The van der Waals surface area contributed by atoms with E-state index in [1.54, 1.807) is 21.3 Å². The van der Waals surface area contributed by atoms with Crippen LogP contribution in [-0.2, 0) is 0 Å². The fourth-order valence-corrected chi connectivity index (χ4v) is 2.64. The molecule has 102 valence electrons. The van der Waals surface area contributed by atoms with Crippen molar-refractivity contribution < 1.29 is 14.2 Å². The summed E-state index contributed by atoms with van der Waals surface area (Å²) in [5, 5.41) is 4.10. The van der Waals surface area contributed by atoms with Crippen LogP contribution in [0.5, 0.6) is 17.2 Å². The van der Waals surface area contributed by atoms with E-state index in [0.29, 0.717) is 0 Å². The molecule has 3 aromatic rings. The molecule has 3 nitrogen and oxygen atoms in total. The highest BCUT2D eigenvalue weighted by atomic mass is 16.5. The van der Waals surface area contributed by atoms with Crippen LogP contribution in [0, 0.1) is 0 Å². The van der Waals surface area contributed by atoms with Crippen molar-refractivity contribution in [2.24, 2.45) is 0 Å². The van der Waals surface area contributed by atoms with Crippen LogP contribution in [0.2, 0.25) is 0 Å². The molecule has 20 heavy (non-hydrogen) atoms. The second-order valence-corrected chi connectivity index (χ2v) is 4.52. The monoisotopic (exact) mass is 268 g/mol. The average molecular weight is 268 g/mol. The van der Waals surface area contributed by atoms with Crippen LogP contribution in [0.4, 0.5) is 0 Å². The van der Waals surface area contributed by atoms with Crippen molar-refractivity contribution >= 4 is 21.5 Å². The summed E-state index contributed by atoms with van der Waals surface area (Å²) in [4.78, 5) is 0. The Kier molecular flexibility index (Phi) is 3.11. The van der Waals surface area contributed by atoms with E-state index in [-0.39, 0.29) is 0 Å². The Bertz CT molecular complexity index is 778. The summed E-state index contributed by atoms with van der Waals surface area (Å²) in [5.74, 6) is 2.40. The molecular weight excluding hydrogens is 252 g/mol. The molecular formula is C17H16O3. The second kappa shape index (κ2) is 4.93. The maximum Gasteiger partial charge on any atom is 0.138 e. The van der Waals surface area contributed by atoms with Crippen molar-refractivity contribution in [2.45, 2.75) is 0 Å². The van der Waals surface area contributed by atoms with Crippen LogP contribution in [0.3, 0.4) is 0 Å². The van der Waals surface area contributed by atoms with Crippen molar-refractivity contribution in [3.05, 3.63) is 42.5 Å². The first-order valence-corrected chi connectivity index (χ1v) is 6.40. The lowest BCUT2D eigenvalue weighted by Crippen LogP contribution is -1.94. The molecule has 0 unspecified atom stereocenters. The Labute approximate surface area is 117 Å². The van der Waals surface area contributed by atoms with Gasteiger partial charge in [-0.15, -0.1) is 0 Å². The summed E-state index contributed by atoms with van der Waals surface area (Å²) in [6, 6.07) is 14.1. The maximum absolute atomic E-state index is 5.65. The fraction of sp³-hybridized carbons (Fsp3) is 0.176. The number of benzene rings is 3. The fourth-order valence-electron chi connectivity index (χ4n) is 2.64. The third-order valence-electron chi connectivity index (χ3n) is 3.54. The second-order valence-electron chi connectivity index (χ2n) is 4.52. The van der Waals surface area contributed by atoms with Crippen LogP contribution >= 0.6 is 0 Å². The minimum atomic E-state index is 0.781. The van der Waals surface area contributed by atoms with Crippen molar-refractivity contribution in [2.75, 3.05) is 21.3 Å². The van der Waals surface area contributed by atoms with Gasteiger partial charge >= 0.3 is 0 Å². The SMILES string of the molecule is COc1ccc(OC)c2c(OC)c3ccccc3cc12. The number of rotatable bonds is 3. The van der Waals surface area contributed by atoms with Gasteiger partial charge in [0.25, 0.3) is 0 Å². The predicted octanol–water partition coefficient (Wildman–Crippen LogP) is 4.02. The summed E-state index contributed by atoms with van der Waals surface area (Å²) < 4.78 is 16.6. The molecule has 0 aliphatic carbocycles. The zero-order valence-electron chi connectivity index (χ0n) is 11.8. The summed E-state index contributed by atoms with van der Waals surface area (Å²) in [7, 11) is 5.01. The van der Waals surface area contributed by atoms with Gasteiger partial charge in [0.2, 0.25) is 0 Å². The smallest absolute Gasteiger partial charge is 0.138 e. The summed E-state index contributed by atoms with van der Waals surface area (Å²) in [6.07, 6.45) is 0. The van der Waals surface area contributed by atoms with E-state index in [0.717, 1.165) is 38.8 Å². The molecule has 3 rings (SSSR count). The molecule has 0 saturated carbocycles. The van der Waals surface area contributed by atoms with Gasteiger partial charge in [0.1, 0.15) is 17.2 Å². The zero-order chi connectivity index (χ0) is 14.1. The normalized spacial score (nSPS) is 10.8. The minimum absolute atomic E-state index is 0.781. The molecule has 3 heteroatoms. The minimum Gasteiger partial charge on any atom is -0.496 e. The molecule has 0 aliphatic rings. The van der Waals surface area contributed by atoms with E-state index in [2.05, 4.69) is 12.1 Å². The summed E-state index contributed by atoms with van der Waals surface area (Å²) >= 11 is 0. The zero-order valence-corrected chi connectivity index (χ0v) is 11.8. The Morgan fingerprint density at radius 3 is 2.10 bits per heavy atom. The first-order chi connectivity index (χ1) is 9.80. The highest BCUT2D eigenvalue weighted by Gasteiger charge is 2.15. The summed E-state index contributed by atoms with van der Waals surface area (Å²) in [5.41, 5.74) is 0. The van der Waals surface area contributed by atoms with Gasteiger partial charge in [-0.1, -0.05) is 24.3 Å². The molecule has 0 bridgehead atoms. The van der Waals surface area contributed by atoms with Gasteiger partial charge in [-0.05, 0) is 23.6 Å². The number of methoxy groups -OCH3 is 3. The van der Waals surface area contributed by atoms with Crippen LogP contribution < -0.4 is 14.2 Å². The molecule has 0 spiro atoms. The Morgan fingerprint density at radius 1 is 0.700 bits per heavy atom. The Morgan fingerprint density at radius 2 is 1.40 bits per heavy atom. The van der Waals surface area contributed by atoms with Gasteiger partial charge in [0, 0.05) is 10.8 Å². The largest absolute Gasteiger partial charge is 0.496 e. The molecule has 0 radical (unpaired) electrons. The molecule has 0 aromatic heterocycles. The lowest BCUT2D eigenvalue weighted by atomic mass is 10.0. The van der Waals surface area contributed by atoms with Gasteiger partial charge in [0.05, 0.1) is 26.7 Å². The van der Waals surface area contributed by atoms with Crippen LogP contribution in [0.15, 0.2) is 42.5 Å². The van der Waals surface area contributed by atoms with Gasteiger partial charge in [-0.3, -0.25) is 0 Å².